The van der Waals surface area contributed by atoms with Crippen molar-refractivity contribution in [3.8, 4) is 0 Å². The number of rotatable bonds is 5. The zero-order valence-electron chi connectivity index (χ0n) is 14.1. The smallest absolute Gasteiger partial charge is 0.244 e. The topological polar surface area (TPSA) is 83.6 Å². The molecule has 138 valence electrons. The molecule has 0 aliphatic carbocycles. The Bertz CT molecular complexity index is 740. The Balaban J connectivity index is 1.88. The molecule has 25 heavy (non-hydrogen) atoms. The van der Waals surface area contributed by atoms with Gasteiger partial charge in [0.2, 0.25) is 11.8 Å². The third-order valence-electron chi connectivity index (χ3n) is 3.89. The van der Waals surface area contributed by atoms with E-state index in [2.05, 4.69) is 5.32 Å². The third kappa shape index (κ3) is 5.62. The van der Waals surface area contributed by atoms with Gasteiger partial charge in [-0.25, -0.2) is 8.42 Å². The van der Waals surface area contributed by atoms with Crippen molar-refractivity contribution in [1.82, 2.24) is 10.2 Å². The SMILES string of the molecule is CC(NC(=O)C(C)Sc1ccccc1Cl)C(=O)N1CCS(=O)(=O)CC1. The van der Waals surface area contributed by atoms with Gasteiger partial charge in [0.15, 0.2) is 9.84 Å². The molecule has 1 fully saturated rings. The average molecular weight is 405 g/mol. The standard InChI is InChI=1S/C16H21ClN2O4S2/c1-11(16(21)19-7-9-25(22,23)10-8-19)18-15(20)12(2)24-14-6-4-3-5-13(14)17/h3-6,11-12H,7-10H2,1-2H3,(H,18,20). The van der Waals surface area contributed by atoms with E-state index in [9.17, 15) is 18.0 Å². The molecule has 0 saturated carbocycles. The first kappa shape index (κ1) is 20.1. The monoisotopic (exact) mass is 404 g/mol. The highest BCUT2D eigenvalue weighted by atomic mass is 35.5. The molecule has 1 aromatic rings. The molecule has 1 saturated heterocycles. The highest BCUT2D eigenvalue weighted by molar-refractivity contribution is 8.00. The van der Waals surface area contributed by atoms with E-state index < -0.39 is 21.1 Å². The Hall–Kier alpha value is -1.25. The molecule has 0 spiro atoms. The fraction of sp³-hybridized carbons (Fsp3) is 0.500. The lowest BCUT2D eigenvalue weighted by molar-refractivity contribution is -0.135. The molecule has 1 heterocycles. The summed E-state index contributed by atoms with van der Waals surface area (Å²) in [4.78, 5) is 27.0. The van der Waals surface area contributed by atoms with Gasteiger partial charge >= 0.3 is 0 Å². The van der Waals surface area contributed by atoms with Gasteiger partial charge in [0.05, 0.1) is 21.8 Å². The largest absolute Gasteiger partial charge is 0.344 e. The highest BCUT2D eigenvalue weighted by Crippen LogP contribution is 2.30. The van der Waals surface area contributed by atoms with E-state index in [1.807, 2.05) is 18.2 Å². The van der Waals surface area contributed by atoms with Crippen LogP contribution in [0.15, 0.2) is 29.2 Å². The number of halogens is 1. The fourth-order valence-corrected chi connectivity index (χ4v) is 4.75. The number of benzene rings is 1. The summed E-state index contributed by atoms with van der Waals surface area (Å²) in [5, 5.41) is 2.85. The lowest BCUT2D eigenvalue weighted by atomic mass is 10.2. The van der Waals surface area contributed by atoms with Gasteiger partial charge in [-0.3, -0.25) is 9.59 Å². The molecule has 2 amide bonds. The number of hydrogen-bond donors (Lipinski definition) is 1. The van der Waals surface area contributed by atoms with E-state index in [0.717, 1.165) is 4.90 Å². The normalized spacial score (nSPS) is 19.1. The lowest BCUT2D eigenvalue weighted by Gasteiger charge is -2.29. The minimum absolute atomic E-state index is 0.0296. The van der Waals surface area contributed by atoms with Crippen LogP contribution in [0.3, 0.4) is 0 Å². The van der Waals surface area contributed by atoms with Crippen LogP contribution in [0, 0.1) is 0 Å². The molecule has 2 rings (SSSR count). The summed E-state index contributed by atoms with van der Waals surface area (Å²) in [5.74, 6) is -0.593. The molecular formula is C16H21ClN2O4S2. The summed E-state index contributed by atoms with van der Waals surface area (Å²) in [6, 6.07) is 6.54. The van der Waals surface area contributed by atoms with Crippen molar-refractivity contribution < 1.29 is 18.0 Å². The number of nitrogens with zero attached hydrogens (tertiary/aromatic N) is 1. The number of carbonyl (C=O) groups excluding carboxylic acids is 2. The van der Waals surface area contributed by atoms with Gasteiger partial charge in [-0.2, -0.15) is 0 Å². The molecule has 6 nitrogen and oxygen atoms in total. The van der Waals surface area contributed by atoms with Crippen molar-refractivity contribution in [3.63, 3.8) is 0 Å². The molecule has 2 atom stereocenters. The van der Waals surface area contributed by atoms with E-state index >= 15 is 0 Å². The molecule has 0 bridgehead atoms. The maximum Gasteiger partial charge on any atom is 0.244 e. The number of thioether (sulfide) groups is 1. The van der Waals surface area contributed by atoms with Gasteiger partial charge in [-0.05, 0) is 26.0 Å². The zero-order chi connectivity index (χ0) is 18.6. The first-order chi connectivity index (χ1) is 11.7. The Morgan fingerprint density at radius 2 is 1.80 bits per heavy atom. The Kier molecular flexibility index (Phi) is 6.76. The molecule has 0 aromatic heterocycles. The van der Waals surface area contributed by atoms with Gasteiger partial charge < -0.3 is 10.2 Å². The molecule has 1 aromatic carbocycles. The maximum atomic E-state index is 12.4. The van der Waals surface area contributed by atoms with Gasteiger partial charge in [-0.1, -0.05) is 23.7 Å². The zero-order valence-corrected chi connectivity index (χ0v) is 16.5. The first-order valence-electron chi connectivity index (χ1n) is 7.90. The predicted octanol–water partition coefficient (Wildman–Crippen LogP) is 1.58. The van der Waals surface area contributed by atoms with Crippen LogP contribution in [0.2, 0.25) is 5.02 Å². The number of hydrogen-bond acceptors (Lipinski definition) is 5. The second kappa shape index (κ2) is 8.42. The van der Waals surface area contributed by atoms with Crippen LogP contribution in [0.5, 0.6) is 0 Å². The predicted molar refractivity (Wildman–Crippen MR) is 99.6 cm³/mol. The van der Waals surface area contributed by atoms with Gasteiger partial charge in [0.1, 0.15) is 6.04 Å². The van der Waals surface area contributed by atoms with Crippen LogP contribution in [0.1, 0.15) is 13.8 Å². The van der Waals surface area contributed by atoms with Crippen LogP contribution in [-0.4, -0.2) is 61.0 Å². The molecule has 1 N–H and O–H groups in total. The van der Waals surface area contributed by atoms with Crippen molar-refractivity contribution >= 4 is 45.0 Å². The van der Waals surface area contributed by atoms with E-state index in [-0.39, 0.29) is 36.4 Å². The van der Waals surface area contributed by atoms with Crippen LogP contribution in [0.4, 0.5) is 0 Å². The maximum absolute atomic E-state index is 12.4. The minimum Gasteiger partial charge on any atom is -0.344 e. The van der Waals surface area contributed by atoms with Crippen molar-refractivity contribution in [3.05, 3.63) is 29.3 Å². The minimum atomic E-state index is -3.05. The summed E-state index contributed by atoms with van der Waals surface area (Å²) < 4.78 is 22.9. The van der Waals surface area contributed by atoms with Crippen molar-refractivity contribution in [1.29, 1.82) is 0 Å². The second-order valence-corrected chi connectivity index (χ2v) is 9.99. The molecule has 1 aliphatic rings. The number of sulfone groups is 1. The van der Waals surface area contributed by atoms with Crippen molar-refractivity contribution in [2.45, 2.75) is 30.0 Å². The lowest BCUT2D eigenvalue weighted by Crippen LogP contribution is -2.52. The Morgan fingerprint density at radius 1 is 1.20 bits per heavy atom. The summed E-state index contributed by atoms with van der Waals surface area (Å²) in [7, 11) is -3.05. The first-order valence-corrected chi connectivity index (χ1v) is 11.0. The van der Waals surface area contributed by atoms with Crippen LogP contribution in [0.25, 0.3) is 0 Å². The summed E-state index contributed by atoms with van der Waals surface area (Å²) in [6.45, 7) is 3.70. The third-order valence-corrected chi connectivity index (χ3v) is 7.12. The Morgan fingerprint density at radius 3 is 2.40 bits per heavy atom. The van der Waals surface area contributed by atoms with Gasteiger partial charge in [0, 0.05) is 18.0 Å². The van der Waals surface area contributed by atoms with E-state index in [4.69, 9.17) is 11.6 Å². The van der Waals surface area contributed by atoms with E-state index in [1.165, 1.54) is 16.7 Å². The molecule has 9 heteroatoms. The van der Waals surface area contributed by atoms with Crippen LogP contribution in [-0.2, 0) is 19.4 Å². The second-order valence-electron chi connectivity index (χ2n) is 5.90. The van der Waals surface area contributed by atoms with Crippen LogP contribution >= 0.6 is 23.4 Å². The number of nitrogens with one attached hydrogen (secondary N) is 1. The van der Waals surface area contributed by atoms with Crippen LogP contribution < -0.4 is 5.32 Å². The highest BCUT2D eigenvalue weighted by Gasteiger charge is 2.29. The van der Waals surface area contributed by atoms with Gasteiger partial charge in [0.25, 0.3) is 0 Å². The fourth-order valence-electron chi connectivity index (χ4n) is 2.38. The molecule has 0 radical (unpaired) electrons. The van der Waals surface area contributed by atoms with Crippen molar-refractivity contribution in [2.24, 2.45) is 0 Å². The van der Waals surface area contributed by atoms with Crippen molar-refractivity contribution in [2.75, 3.05) is 24.6 Å². The molecular weight excluding hydrogens is 384 g/mol. The van der Waals surface area contributed by atoms with Gasteiger partial charge in [-0.15, -0.1) is 11.8 Å². The van der Waals surface area contributed by atoms with E-state index in [0.29, 0.717) is 5.02 Å². The molecule has 1 aliphatic heterocycles. The number of amides is 2. The number of carbonyl (C=O) groups is 2. The quantitative estimate of drug-likeness (QED) is 0.753. The Labute approximate surface area is 157 Å². The molecule has 2 unspecified atom stereocenters. The summed E-state index contributed by atoms with van der Waals surface area (Å²) in [6.07, 6.45) is 0. The van der Waals surface area contributed by atoms with E-state index in [1.54, 1.807) is 19.9 Å². The summed E-state index contributed by atoms with van der Waals surface area (Å²) in [5.41, 5.74) is 0. The average Bonchev–Trinajstić information content (AvgIpc) is 2.56. The summed E-state index contributed by atoms with van der Waals surface area (Å²) >= 11 is 7.41.